The molecule has 0 saturated heterocycles. The van der Waals surface area contributed by atoms with Crippen LogP contribution >= 0.6 is 0 Å². The van der Waals surface area contributed by atoms with E-state index in [1.54, 1.807) is 35.2 Å². The SMILES string of the molecule is CCOc1ccc(C#N)cc1N(CC(=O)NCCNC(C)C)CC(=O)N(C)N1Cc2ccccc2C1. The molecule has 0 aromatic heterocycles. The highest BCUT2D eigenvalue weighted by atomic mass is 16.5. The number of anilines is 1. The van der Waals surface area contributed by atoms with Crippen molar-refractivity contribution in [1.82, 2.24) is 20.7 Å². The summed E-state index contributed by atoms with van der Waals surface area (Å²) >= 11 is 0. The van der Waals surface area contributed by atoms with Crippen LogP contribution in [0.3, 0.4) is 0 Å². The molecule has 1 aliphatic rings. The van der Waals surface area contributed by atoms with Crippen molar-refractivity contribution in [2.75, 3.05) is 44.7 Å². The molecule has 1 heterocycles. The molecule has 3 rings (SSSR count). The van der Waals surface area contributed by atoms with E-state index in [0.717, 1.165) is 0 Å². The number of benzene rings is 2. The number of ether oxygens (including phenoxy) is 1. The van der Waals surface area contributed by atoms with E-state index in [4.69, 9.17) is 4.74 Å². The number of hydrogen-bond acceptors (Lipinski definition) is 7. The Balaban J connectivity index is 1.77. The van der Waals surface area contributed by atoms with Gasteiger partial charge in [0, 0.05) is 39.3 Å². The third kappa shape index (κ3) is 7.20. The van der Waals surface area contributed by atoms with Crippen LogP contribution < -0.4 is 20.3 Å². The Morgan fingerprint density at radius 1 is 1.11 bits per heavy atom. The lowest BCUT2D eigenvalue weighted by molar-refractivity contribution is -0.145. The summed E-state index contributed by atoms with van der Waals surface area (Å²) in [6.07, 6.45) is 0. The van der Waals surface area contributed by atoms with Gasteiger partial charge in [-0.25, -0.2) is 5.01 Å². The minimum Gasteiger partial charge on any atom is -0.492 e. The van der Waals surface area contributed by atoms with E-state index in [9.17, 15) is 14.9 Å². The van der Waals surface area contributed by atoms with Crippen molar-refractivity contribution in [2.45, 2.75) is 39.9 Å². The van der Waals surface area contributed by atoms with Gasteiger partial charge in [0.25, 0.3) is 5.91 Å². The molecular formula is C27H36N6O3. The Labute approximate surface area is 213 Å². The number of amides is 2. The summed E-state index contributed by atoms with van der Waals surface area (Å²) in [5, 5.41) is 19.2. The fourth-order valence-electron chi connectivity index (χ4n) is 4.08. The number of hydrazine groups is 1. The average molecular weight is 493 g/mol. The highest BCUT2D eigenvalue weighted by Crippen LogP contribution is 2.30. The monoisotopic (exact) mass is 492 g/mol. The largest absolute Gasteiger partial charge is 0.492 e. The van der Waals surface area contributed by atoms with Crippen LogP contribution in [-0.2, 0) is 22.7 Å². The highest BCUT2D eigenvalue weighted by Gasteiger charge is 2.27. The minimum absolute atomic E-state index is 0.0452. The van der Waals surface area contributed by atoms with Gasteiger partial charge in [-0.05, 0) is 36.2 Å². The topological polar surface area (TPSA) is 101 Å². The maximum absolute atomic E-state index is 13.4. The van der Waals surface area contributed by atoms with Crippen LogP contribution in [-0.4, -0.2) is 67.7 Å². The van der Waals surface area contributed by atoms with E-state index in [-0.39, 0.29) is 24.9 Å². The Bertz CT molecular complexity index is 1070. The van der Waals surface area contributed by atoms with Gasteiger partial charge in [-0.3, -0.25) is 14.6 Å². The van der Waals surface area contributed by atoms with E-state index >= 15 is 0 Å². The first kappa shape index (κ1) is 27.0. The number of nitrogens with one attached hydrogen (secondary N) is 2. The van der Waals surface area contributed by atoms with E-state index in [0.29, 0.717) is 55.8 Å². The number of fused-ring (bicyclic) bond motifs is 1. The van der Waals surface area contributed by atoms with Crippen molar-refractivity contribution in [3.63, 3.8) is 0 Å². The van der Waals surface area contributed by atoms with Crippen molar-refractivity contribution < 1.29 is 14.3 Å². The van der Waals surface area contributed by atoms with E-state index in [2.05, 4.69) is 28.8 Å². The predicted molar refractivity (Wildman–Crippen MR) is 139 cm³/mol. The van der Waals surface area contributed by atoms with Gasteiger partial charge in [-0.15, -0.1) is 0 Å². The molecule has 192 valence electrons. The Kier molecular flexibility index (Phi) is 9.68. The Morgan fingerprint density at radius 3 is 2.42 bits per heavy atom. The van der Waals surface area contributed by atoms with Crippen molar-refractivity contribution in [1.29, 1.82) is 5.26 Å². The Hall–Kier alpha value is -3.61. The average Bonchev–Trinajstić information content (AvgIpc) is 3.30. The number of carbonyl (C=O) groups excluding carboxylic acids is 2. The van der Waals surface area contributed by atoms with Crippen LogP contribution in [0.25, 0.3) is 0 Å². The van der Waals surface area contributed by atoms with Gasteiger partial charge in [0.1, 0.15) is 5.75 Å². The fraction of sp³-hybridized carbons (Fsp3) is 0.444. The third-order valence-electron chi connectivity index (χ3n) is 6.00. The molecule has 9 heteroatoms. The van der Waals surface area contributed by atoms with Crippen molar-refractivity contribution in [3.8, 4) is 11.8 Å². The second-order valence-corrected chi connectivity index (χ2v) is 9.05. The lowest BCUT2D eigenvalue weighted by Gasteiger charge is -2.32. The van der Waals surface area contributed by atoms with Gasteiger partial charge >= 0.3 is 0 Å². The number of likely N-dealkylation sites (N-methyl/N-ethyl adjacent to an activating group) is 1. The normalized spacial score (nSPS) is 12.7. The summed E-state index contributed by atoms with van der Waals surface area (Å²) in [6, 6.07) is 15.6. The highest BCUT2D eigenvalue weighted by molar-refractivity contribution is 5.87. The van der Waals surface area contributed by atoms with Crippen molar-refractivity contribution in [2.24, 2.45) is 0 Å². The number of hydrogen-bond donors (Lipinski definition) is 2. The first-order valence-electron chi connectivity index (χ1n) is 12.3. The van der Waals surface area contributed by atoms with Gasteiger partial charge in [0.05, 0.1) is 37.0 Å². The van der Waals surface area contributed by atoms with Crippen LogP contribution in [0.4, 0.5) is 5.69 Å². The van der Waals surface area contributed by atoms with Crippen LogP contribution in [0.1, 0.15) is 37.5 Å². The smallest absolute Gasteiger partial charge is 0.256 e. The number of carbonyl (C=O) groups is 2. The quantitative estimate of drug-likeness (QED) is 0.439. The van der Waals surface area contributed by atoms with Crippen molar-refractivity contribution >= 4 is 17.5 Å². The molecule has 1 aliphatic heterocycles. The Morgan fingerprint density at radius 2 is 1.81 bits per heavy atom. The van der Waals surface area contributed by atoms with Crippen LogP contribution in [0.2, 0.25) is 0 Å². The molecular weight excluding hydrogens is 456 g/mol. The summed E-state index contributed by atoms with van der Waals surface area (Å²) in [4.78, 5) is 27.9. The molecule has 36 heavy (non-hydrogen) atoms. The molecule has 0 spiro atoms. The molecule has 2 N–H and O–H groups in total. The van der Waals surface area contributed by atoms with Crippen LogP contribution in [0.5, 0.6) is 5.75 Å². The molecule has 0 saturated carbocycles. The molecule has 0 atom stereocenters. The van der Waals surface area contributed by atoms with Gasteiger partial charge in [-0.2, -0.15) is 5.26 Å². The number of rotatable bonds is 12. The second kappa shape index (κ2) is 12.9. The summed E-state index contributed by atoms with van der Waals surface area (Å²) in [5.41, 5.74) is 3.36. The fourth-order valence-corrected chi connectivity index (χ4v) is 4.08. The molecule has 2 amide bonds. The standard InChI is InChI=1S/C27H36N6O3/c1-5-36-25-11-10-21(15-28)14-24(25)32(18-26(34)30-13-12-29-20(2)3)19-27(35)31(4)33-16-22-8-6-7-9-23(22)17-33/h6-11,14,20,29H,5,12-13,16-19H2,1-4H3,(H,30,34). The zero-order chi connectivity index (χ0) is 26.1. The second-order valence-electron chi connectivity index (χ2n) is 9.05. The van der Waals surface area contributed by atoms with E-state index in [1.807, 2.05) is 37.9 Å². The molecule has 0 radical (unpaired) electrons. The first-order valence-corrected chi connectivity index (χ1v) is 12.3. The number of nitrogens with zero attached hydrogens (tertiary/aromatic N) is 4. The lowest BCUT2D eigenvalue weighted by Crippen LogP contribution is -2.48. The van der Waals surface area contributed by atoms with E-state index < -0.39 is 0 Å². The summed E-state index contributed by atoms with van der Waals surface area (Å²) in [7, 11) is 1.75. The molecule has 0 aliphatic carbocycles. The maximum atomic E-state index is 13.4. The third-order valence-corrected chi connectivity index (χ3v) is 6.00. The molecule has 0 fully saturated rings. The lowest BCUT2D eigenvalue weighted by atomic mass is 10.1. The van der Waals surface area contributed by atoms with Gasteiger partial charge < -0.3 is 20.3 Å². The van der Waals surface area contributed by atoms with Gasteiger partial charge in [0.15, 0.2) is 0 Å². The van der Waals surface area contributed by atoms with Gasteiger partial charge in [-0.1, -0.05) is 38.1 Å². The molecule has 2 aromatic rings. The molecule has 0 bridgehead atoms. The molecule has 2 aromatic carbocycles. The summed E-state index contributed by atoms with van der Waals surface area (Å²) in [6.45, 7) is 8.70. The van der Waals surface area contributed by atoms with Crippen LogP contribution in [0.15, 0.2) is 42.5 Å². The first-order chi connectivity index (χ1) is 17.3. The van der Waals surface area contributed by atoms with Crippen LogP contribution in [0, 0.1) is 11.3 Å². The predicted octanol–water partition coefficient (Wildman–Crippen LogP) is 2.27. The molecule has 9 nitrogen and oxygen atoms in total. The zero-order valence-corrected chi connectivity index (χ0v) is 21.6. The minimum atomic E-state index is -0.214. The van der Waals surface area contributed by atoms with Crippen molar-refractivity contribution in [3.05, 3.63) is 59.2 Å². The number of nitriles is 1. The summed E-state index contributed by atoms with van der Waals surface area (Å²) in [5.74, 6) is 0.145. The van der Waals surface area contributed by atoms with E-state index in [1.165, 1.54) is 11.1 Å². The molecule has 0 unspecified atom stereocenters. The van der Waals surface area contributed by atoms with Gasteiger partial charge in [0.2, 0.25) is 5.91 Å². The zero-order valence-electron chi connectivity index (χ0n) is 21.6. The summed E-state index contributed by atoms with van der Waals surface area (Å²) < 4.78 is 5.78. The maximum Gasteiger partial charge on any atom is 0.256 e.